The third-order valence-corrected chi connectivity index (χ3v) is 9.32. The highest BCUT2D eigenvalue weighted by atomic mass is 15.0. The van der Waals surface area contributed by atoms with Crippen molar-refractivity contribution >= 4 is 32.3 Å². The third-order valence-electron chi connectivity index (χ3n) is 9.32. The molecule has 0 N–H and O–H groups in total. The molecular weight excluding hydrogens is 609 g/mol. The quantitative estimate of drug-likeness (QED) is 0.176. The van der Waals surface area contributed by atoms with Crippen LogP contribution >= 0.6 is 0 Å². The molecule has 0 saturated heterocycles. The maximum Gasteiger partial charge on any atom is 0.164 e. The van der Waals surface area contributed by atoms with Gasteiger partial charge in [-0.15, -0.1) is 0 Å². The van der Waals surface area contributed by atoms with Crippen molar-refractivity contribution in [1.29, 1.82) is 5.26 Å². The Bertz CT molecular complexity index is 2710. The minimum absolute atomic E-state index is 0.624. The molecule has 9 rings (SSSR count). The Balaban J connectivity index is 1.26. The predicted octanol–water partition coefficient (Wildman–Crippen LogP) is 11.5. The van der Waals surface area contributed by atoms with E-state index in [1.165, 1.54) is 21.5 Å². The second-order valence-electron chi connectivity index (χ2n) is 12.3. The van der Waals surface area contributed by atoms with E-state index in [1.54, 1.807) is 0 Å². The molecular formula is C46H28N4. The molecule has 1 aromatic heterocycles. The van der Waals surface area contributed by atoms with Gasteiger partial charge in [0.25, 0.3) is 0 Å². The standard InChI is InChI=1S/C46H28N4/c47-29-30-13-11-18-33(25-30)40-27-42-39-24-10-8-22-37(39)41(28-43(42)38-23-9-7-21-36(38)40)34-19-12-20-35(26-34)46-49-44(31-14-3-1-4-15-31)48-45(50-46)32-16-5-2-6-17-32/h1-28H. The molecule has 9 aromatic rings. The van der Waals surface area contributed by atoms with Gasteiger partial charge in [-0.1, -0.05) is 140 Å². The largest absolute Gasteiger partial charge is 0.208 e. The lowest BCUT2D eigenvalue weighted by Gasteiger charge is -2.16. The van der Waals surface area contributed by atoms with E-state index >= 15 is 0 Å². The van der Waals surface area contributed by atoms with E-state index in [9.17, 15) is 5.26 Å². The number of nitriles is 1. The summed E-state index contributed by atoms with van der Waals surface area (Å²) >= 11 is 0. The van der Waals surface area contributed by atoms with Crippen LogP contribution in [0.2, 0.25) is 0 Å². The molecule has 0 radical (unpaired) electrons. The Hall–Kier alpha value is -6.96. The van der Waals surface area contributed by atoms with Crippen LogP contribution in [0.4, 0.5) is 0 Å². The van der Waals surface area contributed by atoms with E-state index in [2.05, 4.69) is 97.1 Å². The zero-order valence-corrected chi connectivity index (χ0v) is 27.0. The fourth-order valence-electron chi connectivity index (χ4n) is 6.95. The molecule has 0 saturated carbocycles. The Morgan fingerprint density at radius 2 is 0.720 bits per heavy atom. The van der Waals surface area contributed by atoms with Crippen molar-refractivity contribution in [1.82, 2.24) is 15.0 Å². The van der Waals surface area contributed by atoms with Crippen LogP contribution in [-0.2, 0) is 0 Å². The van der Waals surface area contributed by atoms with Crippen molar-refractivity contribution < 1.29 is 0 Å². The first-order valence-electron chi connectivity index (χ1n) is 16.6. The van der Waals surface area contributed by atoms with Crippen LogP contribution < -0.4 is 0 Å². The number of hydrogen-bond acceptors (Lipinski definition) is 4. The Labute approximate surface area is 289 Å². The number of hydrogen-bond donors (Lipinski definition) is 0. The molecule has 0 aliphatic rings. The van der Waals surface area contributed by atoms with Gasteiger partial charge >= 0.3 is 0 Å². The molecule has 0 unspecified atom stereocenters. The summed E-state index contributed by atoms with van der Waals surface area (Å²) in [6, 6.07) is 60.6. The highest BCUT2D eigenvalue weighted by Gasteiger charge is 2.17. The fourth-order valence-corrected chi connectivity index (χ4v) is 6.95. The fraction of sp³-hybridized carbons (Fsp3) is 0. The first-order valence-corrected chi connectivity index (χ1v) is 16.6. The van der Waals surface area contributed by atoms with Crippen molar-refractivity contribution in [3.05, 3.63) is 175 Å². The molecule has 1 heterocycles. The van der Waals surface area contributed by atoms with Crippen molar-refractivity contribution in [2.75, 3.05) is 0 Å². The third kappa shape index (κ3) is 5.15. The van der Waals surface area contributed by atoms with Crippen molar-refractivity contribution in [3.63, 3.8) is 0 Å². The van der Waals surface area contributed by atoms with Crippen LogP contribution in [0.5, 0.6) is 0 Å². The molecule has 0 spiro atoms. The summed E-state index contributed by atoms with van der Waals surface area (Å²) < 4.78 is 0. The molecule has 4 nitrogen and oxygen atoms in total. The first-order chi connectivity index (χ1) is 24.7. The van der Waals surface area contributed by atoms with Crippen LogP contribution in [0.3, 0.4) is 0 Å². The number of benzene rings is 8. The van der Waals surface area contributed by atoms with Gasteiger partial charge in [-0.2, -0.15) is 5.26 Å². The number of rotatable bonds is 5. The minimum atomic E-state index is 0.624. The summed E-state index contributed by atoms with van der Waals surface area (Å²) in [5.74, 6) is 1.90. The number of fused-ring (bicyclic) bond motifs is 5. The Morgan fingerprint density at radius 3 is 1.24 bits per heavy atom. The summed E-state index contributed by atoms with van der Waals surface area (Å²) in [5, 5.41) is 16.6. The zero-order chi connectivity index (χ0) is 33.4. The van der Waals surface area contributed by atoms with Gasteiger partial charge in [0.05, 0.1) is 11.6 Å². The highest BCUT2D eigenvalue weighted by molar-refractivity contribution is 6.23. The molecule has 4 heteroatoms. The average Bonchev–Trinajstić information content (AvgIpc) is 3.20. The van der Waals surface area contributed by atoms with Gasteiger partial charge in [-0.25, -0.2) is 15.0 Å². The molecule has 50 heavy (non-hydrogen) atoms. The monoisotopic (exact) mass is 636 g/mol. The number of aromatic nitrogens is 3. The van der Waals surface area contributed by atoms with Crippen LogP contribution in [0.15, 0.2) is 170 Å². The molecule has 0 aliphatic heterocycles. The SMILES string of the molecule is N#Cc1cccc(-c2cc3c4ccccc4c(-c4cccc(-c5nc(-c6ccccc6)nc(-c6ccccc6)n5)c4)cc3c3ccccc23)c1. The van der Waals surface area contributed by atoms with Crippen LogP contribution in [0.25, 0.3) is 88.7 Å². The van der Waals surface area contributed by atoms with Crippen molar-refractivity contribution in [2.24, 2.45) is 0 Å². The van der Waals surface area contributed by atoms with Crippen molar-refractivity contribution in [3.8, 4) is 62.5 Å². The van der Waals surface area contributed by atoms with E-state index in [1.807, 2.05) is 78.9 Å². The van der Waals surface area contributed by atoms with Gasteiger partial charge in [-0.3, -0.25) is 0 Å². The second-order valence-corrected chi connectivity index (χ2v) is 12.3. The van der Waals surface area contributed by atoms with Crippen molar-refractivity contribution in [2.45, 2.75) is 0 Å². The van der Waals surface area contributed by atoms with E-state index < -0.39 is 0 Å². The van der Waals surface area contributed by atoms with Gasteiger partial charge in [0, 0.05) is 16.7 Å². The first kappa shape index (κ1) is 29.2. The smallest absolute Gasteiger partial charge is 0.164 e. The molecule has 232 valence electrons. The topological polar surface area (TPSA) is 62.5 Å². The van der Waals surface area contributed by atoms with Gasteiger partial charge < -0.3 is 0 Å². The maximum atomic E-state index is 9.64. The Kier molecular flexibility index (Phi) is 7.15. The zero-order valence-electron chi connectivity index (χ0n) is 27.0. The van der Waals surface area contributed by atoms with Gasteiger partial charge in [0.1, 0.15) is 0 Å². The van der Waals surface area contributed by atoms with Crippen LogP contribution in [0, 0.1) is 11.3 Å². The average molecular weight is 637 g/mol. The molecule has 8 aromatic carbocycles. The van der Waals surface area contributed by atoms with E-state index in [0.29, 0.717) is 23.0 Å². The summed E-state index contributed by atoms with van der Waals surface area (Å²) in [5.41, 5.74) is 7.82. The lowest BCUT2D eigenvalue weighted by atomic mass is 9.87. The molecule has 0 fully saturated rings. The summed E-state index contributed by atoms with van der Waals surface area (Å²) in [4.78, 5) is 14.9. The van der Waals surface area contributed by atoms with E-state index in [0.717, 1.165) is 49.7 Å². The normalized spacial score (nSPS) is 11.2. The number of nitrogens with zero attached hydrogens (tertiary/aromatic N) is 4. The molecule has 0 atom stereocenters. The molecule has 0 bridgehead atoms. The Morgan fingerprint density at radius 1 is 0.320 bits per heavy atom. The maximum absolute atomic E-state index is 9.64. The summed E-state index contributed by atoms with van der Waals surface area (Å²) in [6.07, 6.45) is 0. The van der Waals surface area contributed by atoms with Crippen LogP contribution in [0.1, 0.15) is 5.56 Å². The minimum Gasteiger partial charge on any atom is -0.208 e. The second kappa shape index (κ2) is 12.2. The van der Waals surface area contributed by atoms with Gasteiger partial charge in [-0.05, 0) is 84.9 Å². The van der Waals surface area contributed by atoms with E-state index in [-0.39, 0.29) is 0 Å². The summed E-state index contributed by atoms with van der Waals surface area (Å²) in [7, 11) is 0. The van der Waals surface area contributed by atoms with E-state index in [4.69, 9.17) is 15.0 Å². The summed E-state index contributed by atoms with van der Waals surface area (Å²) in [6.45, 7) is 0. The molecule has 0 amide bonds. The lowest BCUT2D eigenvalue weighted by Crippen LogP contribution is -2.00. The highest BCUT2D eigenvalue weighted by Crippen LogP contribution is 2.42. The molecule has 0 aliphatic carbocycles. The van der Waals surface area contributed by atoms with Gasteiger partial charge in [0.2, 0.25) is 0 Å². The van der Waals surface area contributed by atoms with Crippen LogP contribution in [-0.4, -0.2) is 15.0 Å². The van der Waals surface area contributed by atoms with Gasteiger partial charge in [0.15, 0.2) is 17.5 Å². The lowest BCUT2D eigenvalue weighted by molar-refractivity contribution is 1.07. The predicted molar refractivity (Wildman–Crippen MR) is 204 cm³/mol.